The molecule has 0 saturated carbocycles. The van der Waals surface area contributed by atoms with Gasteiger partial charge in [0.2, 0.25) is 0 Å². The Balaban J connectivity index is 3.61. The van der Waals surface area contributed by atoms with Gasteiger partial charge in [-0.05, 0) is 30.7 Å². The zero-order chi connectivity index (χ0) is 8.53. The molecule has 0 amide bonds. The molecule has 0 spiro atoms. The number of nitrogens with zero attached hydrogens (tertiary/aromatic N) is 1. The Kier molecular flexibility index (Phi) is 7.69. The maximum Gasteiger partial charge on any atom is 0.0459 e. The smallest absolute Gasteiger partial charge is 0.0459 e. The van der Waals surface area contributed by atoms with E-state index in [1.165, 1.54) is 12.2 Å². The highest BCUT2D eigenvalue weighted by molar-refractivity contribution is 8.02. The van der Waals surface area contributed by atoms with Crippen LogP contribution in [-0.4, -0.2) is 12.5 Å². The van der Waals surface area contributed by atoms with Gasteiger partial charge in [0.1, 0.15) is 0 Å². The summed E-state index contributed by atoms with van der Waals surface area (Å²) in [6, 6.07) is 0. The monoisotopic (exact) mass is 171 g/mol. The molecule has 0 bridgehead atoms. The third kappa shape index (κ3) is 6.17. The molecule has 0 aliphatic carbocycles. The molecule has 0 unspecified atom stereocenters. The molecule has 0 rings (SSSR count). The van der Waals surface area contributed by atoms with E-state index in [1.807, 2.05) is 11.8 Å². The Labute approximate surface area is 74.0 Å². The van der Waals surface area contributed by atoms with Crippen molar-refractivity contribution in [1.29, 1.82) is 0 Å². The number of aliphatic imine (C=N–C) groups is 1. The molecule has 0 N–H and O–H groups in total. The molecule has 0 aromatic carbocycles. The minimum absolute atomic E-state index is 1.06. The van der Waals surface area contributed by atoms with Crippen molar-refractivity contribution in [2.24, 2.45) is 4.99 Å². The number of hydrogen-bond acceptors (Lipinski definition) is 2. The second-order valence-electron chi connectivity index (χ2n) is 2.39. The van der Waals surface area contributed by atoms with Crippen molar-refractivity contribution in [3.8, 4) is 0 Å². The predicted octanol–water partition coefficient (Wildman–Crippen LogP) is 3.47. The van der Waals surface area contributed by atoms with Crippen LogP contribution < -0.4 is 0 Å². The lowest BCUT2D eigenvalue weighted by molar-refractivity contribution is 0.898. The number of thioether (sulfide) groups is 1. The maximum absolute atomic E-state index is 3.94. The summed E-state index contributed by atoms with van der Waals surface area (Å²) in [7, 11) is 0. The Morgan fingerprint density at radius 3 is 2.64 bits per heavy atom. The standard InChI is InChI=1S/C9H17NS/c1-4-6-9(10-3)8-11-7-5-2/h8H,3-7H2,1-2H3/b9-8-. The quantitative estimate of drug-likeness (QED) is 0.440. The molecule has 0 fully saturated rings. The lowest BCUT2D eigenvalue weighted by Gasteiger charge is -1.96. The van der Waals surface area contributed by atoms with Crippen LogP contribution in [0.1, 0.15) is 33.1 Å². The zero-order valence-corrected chi connectivity index (χ0v) is 8.28. The van der Waals surface area contributed by atoms with Crippen LogP contribution in [0.25, 0.3) is 0 Å². The van der Waals surface area contributed by atoms with Crippen LogP contribution >= 0.6 is 11.8 Å². The van der Waals surface area contributed by atoms with Gasteiger partial charge in [0.25, 0.3) is 0 Å². The Morgan fingerprint density at radius 2 is 2.18 bits per heavy atom. The minimum Gasteiger partial charge on any atom is -0.269 e. The fourth-order valence-electron chi connectivity index (χ4n) is 0.704. The van der Waals surface area contributed by atoms with E-state index in [4.69, 9.17) is 0 Å². The Bertz CT molecular complexity index is 130. The van der Waals surface area contributed by atoms with Crippen molar-refractivity contribution >= 4 is 18.5 Å². The topological polar surface area (TPSA) is 12.4 Å². The van der Waals surface area contributed by atoms with Gasteiger partial charge in [-0.3, -0.25) is 4.99 Å². The SMILES string of the molecule is C=N/C(=C\SCCC)CCC. The first-order chi connectivity index (χ1) is 5.35. The molecule has 0 aromatic rings. The van der Waals surface area contributed by atoms with E-state index >= 15 is 0 Å². The lowest BCUT2D eigenvalue weighted by Crippen LogP contribution is -1.76. The number of rotatable bonds is 6. The van der Waals surface area contributed by atoms with Crippen molar-refractivity contribution < 1.29 is 0 Å². The van der Waals surface area contributed by atoms with Crippen LogP contribution in [0, 0.1) is 0 Å². The normalized spacial score (nSPS) is 11.6. The van der Waals surface area contributed by atoms with Crippen LogP contribution in [0.5, 0.6) is 0 Å². The van der Waals surface area contributed by atoms with Gasteiger partial charge in [-0.1, -0.05) is 20.3 Å². The van der Waals surface area contributed by atoms with Crippen molar-refractivity contribution in [2.45, 2.75) is 33.1 Å². The van der Waals surface area contributed by atoms with Crippen molar-refractivity contribution in [2.75, 3.05) is 5.75 Å². The van der Waals surface area contributed by atoms with Gasteiger partial charge in [-0.2, -0.15) is 0 Å². The zero-order valence-electron chi connectivity index (χ0n) is 7.47. The first-order valence-corrected chi connectivity index (χ1v) is 5.17. The van der Waals surface area contributed by atoms with E-state index in [1.54, 1.807) is 0 Å². The summed E-state index contributed by atoms with van der Waals surface area (Å²) in [5.41, 5.74) is 1.13. The molecular weight excluding hydrogens is 154 g/mol. The highest BCUT2D eigenvalue weighted by Crippen LogP contribution is 2.13. The van der Waals surface area contributed by atoms with Crippen LogP contribution in [0.15, 0.2) is 16.1 Å². The highest BCUT2D eigenvalue weighted by atomic mass is 32.2. The summed E-state index contributed by atoms with van der Waals surface area (Å²) >= 11 is 1.83. The summed E-state index contributed by atoms with van der Waals surface area (Å²) in [6.07, 6.45) is 3.43. The largest absolute Gasteiger partial charge is 0.269 e. The molecule has 0 heterocycles. The predicted molar refractivity (Wildman–Crippen MR) is 55.3 cm³/mol. The first-order valence-electron chi connectivity index (χ1n) is 4.12. The molecule has 64 valence electrons. The number of allylic oxidation sites excluding steroid dienone is 1. The molecular formula is C9H17NS. The molecule has 0 aliphatic rings. The fraction of sp³-hybridized carbons (Fsp3) is 0.667. The van der Waals surface area contributed by atoms with E-state index in [0.717, 1.165) is 18.5 Å². The second-order valence-corrected chi connectivity index (χ2v) is 3.37. The maximum atomic E-state index is 3.94. The molecule has 0 aromatic heterocycles. The average molecular weight is 171 g/mol. The van der Waals surface area contributed by atoms with Crippen LogP contribution in [0.4, 0.5) is 0 Å². The van der Waals surface area contributed by atoms with Crippen LogP contribution in [0.3, 0.4) is 0 Å². The summed E-state index contributed by atoms with van der Waals surface area (Å²) < 4.78 is 0. The third-order valence-corrected chi connectivity index (χ3v) is 2.33. The molecule has 1 nitrogen and oxygen atoms in total. The molecule has 0 aliphatic heterocycles. The summed E-state index contributed by atoms with van der Waals surface area (Å²) in [6.45, 7) is 7.87. The molecule has 11 heavy (non-hydrogen) atoms. The fourth-order valence-corrected chi connectivity index (χ4v) is 1.44. The summed E-state index contributed by atoms with van der Waals surface area (Å²) in [5.74, 6) is 1.18. The van der Waals surface area contributed by atoms with E-state index < -0.39 is 0 Å². The highest BCUT2D eigenvalue weighted by Gasteiger charge is 1.89. The lowest BCUT2D eigenvalue weighted by atomic mass is 10.3. The minimum atomic E-state index is 1.06. The molecule has 0 saturated heterocycles. The number of hydrogen-bond donors (Lipinski definition) is 0. The summed E-state index contributed by atoms with van der Waals surface area (Å²) in [4.78, 5) is 3.94. The van der Waals surface area contributed by atoms with Gasteiger partial charge >= 0.3 is 0 Å². The van der Waals surface area contributed by atoms with Crippen molar-refractivity contribution in [3.63, 3.8) is 0 Å². The van der Waals surface area contributed by atoms with Gasteiger partial charge in [0.05, 0.1) is 0 Å². The summed E-state index contributed by atoms with van der Waals surface area (Å²) in [5, 5.41) is 2.12. The van der Waals surface area contributed by atoms with Crippen molar-refractivity contribution in [3.05, 3.63) is 11.1 Å². The van der Waals surface area contributed by atoms with Crippen molar-refractivity contribution in [1.82, 2.24) is 0 Å². The molecule has 0 radical (unpaired) electrons. The van der Waals surface area contributed by atoms with Crippen LogP contribution in [-0.2, 0) is 0 Å². The van der Waals surface area contributed by atoms with Gasteiger partial charge in [-0.15, -0.1) is 11.8 Å². The third-order valence-electron chi connectivity index (χ3n) is 1.25. The van der Waals surface area contributed by atoms with E-state index in [9.17, 15) is 0 Å². The first kappa shape index (κ1) is 10.8. The molecule has 0 atom stereocenters. The molecule has 2 heteroatoms. The van der Waals surface area contributed by atoms with Gasteiger partial charge in [-0.25, -0.2) is 0 Å². The van der Waals surface area contributed by atoms with Crippen LogP contribution in [0.2, 0.25) is 0 Å². The van der Waals surface area contributed by atoms with Gasteiger partial charge in [0, 0.05) is 5.70 Å². The Hall–Kier alpha value is -0.240. The van der Waals surface area contributed by atoms with E-state index in [-0.39, 0.29) is 0 Å². The Morgan fingerprint density at radius 1 is 1.45 bits per heavy atom. The van der Waals surface area contributed by atoms with Gasteiger partial charge in [0.15, 0.2) is 0 Å². The van der Waals surface area contributed by atoms with Gasteiger partial charge < -0.3 is 0 Å². The van der Waals surface area contributed by atoms with E-state index in [0.29, 0.717) is 0 Å². The van der Waals surface area contributed by atoms with E-state index in [2.05, 4.69) is 31.0 Å². The average Bonchev–Trinajstić information content (AvgIpc) is 2.03. The second kappa shape index (κ2) is 7.86.